The van der Waals surface area contributed by atoms with Crippen LogP contribution in [0, 0.1) is 6.07 Å². The molecule has 0 bridgehead atoms. The molecule has 1 radical (unpaired) electrons. The fraction of sp³-hybridized carbons (Fsp3) is 0.400. The van der Waals surface area contributed by atoms with Crippen LogP contribution in [0.1, 0.15) is 29.9 Å². The number of benzene rings is 1. The molecule has 1 saturated carbocycles. The van der Waals surface area contributed by atoms with E-state index >= 15 is 0 Å². The number of rotatable bonds is 2. The van der Waals surface area contributed by atoms with Gasteiger partial charge in [0, 0.05) is 6.54 Å². The van der Waals surface area contributed by atoms with Crippen LogP contribution in [-0.2, 0) is 6.54 Å². The van der Waals surface area contributed by atoms with Crippen LogP contribution in [0.5, 0.6) is 0 Å². The van der Waals surface area contributed by atoms with E-state index in [0.717, 1.165) is 11.5 Å². The van der Waals surface area contributed by atoms with E-state index in [0.29, 0.717) is 6.54 Å². The van der Waals surface area contributed by atoms with Gasteiger partial charge < -0.3 is 5.73 Å². The van der Waals surface area contributed by atoms with Crippen LogP contribution in [0.4, 0.5) is 0 Å². The first-order valence-corrected chi connectivity index (χ1v) is 4.11. The third kappa shape index (κ3) is 1.43. The fourth-order valence-corrected chi connectivity index (χ4v) is 1.29. The summed E-state index contributed by atoms with van der Waals surface area (Å²) in [5.74, 6) is 0.793. The summed E-state index contributed by atoms with van der Waals surface area (Å²) in [4.78, 5) is 0. The maximum Gasteiger partial charge on any atom is 0.0184 e. The van der Waals surface area contributed by atoms with Gasteiger partial charge in [-0.25, -0.2) is 0 Å². The molecular weight excluding hydrogens is 134 g/mol. The summed E-state index contributed by atoms with van der Waals surface area (Å²) in [5.41, 5.74) is 8.00. The van der Waals surface area contributed by atoms with E-state index in [1.807, 2.05) is 6.07 Å². The highest BCUT2D eigenvalue weighted by Crippen LogP contribution is 2.39. The molecule has 11 heavy (non-hydrogen) atoms. The Hall–Kier alpha value is -0.820. The summed E-state index contributed by atoms with van der Waals surface area (Å²) < 4.78 is 0. The van der Waals surface area contributed by atoms with Crippen LogP contribution in [-0.4, -0.2) is 0 Å². The Balaban J connectivity index is 2.26. The lowest BCUT2D eigenvalue weighted by atomic mass is 10.1. The molecule has 0 unspecified atom stereocenters. The SMILES string of the molecule is NCc1[c]c(C2CC2)ccc1. The lowest BCUT2D eigenvalue weighted by Gasteiger charge is -1.99. The van der Waals surface area contributed by atoms with Crippen molar-refractivity contribution in [2.24, 2.45) is 5.73 Å². The summed E-state index contributed by atoms with van der Waals surface area (Å²) in [6, 6.07) is 9.59. The Bertz CT molecular complexity index is 251. The Labute approximate surface area is 67.2 Å². The zero-order valence-electron chi connectivity index (χ0n) is 6.51. The summed E-state index contributed by atoms with van der Waals surface area (Å²) >= 11 is 0. The monoisotopic (exact) mass is 146 g/mol. The van der Waals surface area contributed by atoms with Crippen molar-refractivity contribution in [1.29, 1.82) is 0 Å². The molecule has 0 saturated heterocycles. The minimum Gasteiger partial charge on any atom is -0.326 e. The lowest BCUT2D eigenvalue weighted by molar-refractivity contribution is 1.04. The van der Waals surface area contributed by atoms with Crippen molar-refractivity contribution in [2.75, 3.05) is 0 Å². The average molecular weight is 146 g/mol. The molecule has 0 amide bonds. The predicted molar refractivity (Wildman–Crippen MR) is 45.1 cm³/mol. The van der Waals surface area contributed by atoms with Crippen LogP contribution >= 0.6 is 0 Å². The number of hydrogen-bond donors (Lipinski definition) is 1. The second-order valence-electron chi connectivity index (χ2n) is 3.11. The molecule has 1 aliphatic rings. The van der Waals surface area contributed by atoms with Gasteiger partial charge in [0.05, 0.1) is 0 Å². The number of hydrogen-bond acceptors (Lipinski definition) is 1. The Kier molecular flexibility index (Phi) is 1.66. The van der Waals surface area contributed by atoms with E-state index < -0.39 is 0 Å². The molecule has 1 aromatic carbocycles. The van der Waals surface area contributed by atoms with Gasteiger partial charge in [-0.05, 0) is 36.0 Å². The Morgan fingerprint density at radius 3 is 2.91 bits per heavy atom. The first-order chi connectivity index (χ1) is 5.40. The molecule has 1 nitrogen and oxygen atoms in total. The van der Waals surface area contributed by atoms with Gasteiger partial charge in [0.2, 0.25) is 0 Å². The van der Waals surface area contributed by atoms with Gasteiger partial charge in [-0.15, -0.1) is 0 Å². The van der Waals surface area contributed by atoms with Crippen molar-refractivity contribution in [1.82, 2.24) is 0 Å². The van der Waals surface area contributed by atoms with E-state index in [1.165, 1.54) is 18.4 Å². The second-order valence-corrected chi connectivity index (χ2v) is 3.11. The normalized spacial score (nSPS) is 16.8. The van der Waals surface area contributed by atoms with E-state index in [-0.39, 0.29) is 0 Å². The molecule has 0 aliphatic heterocycles. The van der Waals surface area contributed by atoms with Gasteiger partial charge in [0.25, 0.3) is 0 Å². The standard InChI is InChI=1S/C10H12N/c11-7-8-2-1-3-10(6-8)9-4-5-9/h1-3,9H,4-5,7,11H2. The Morgan fingerprint density at radius 1 is 1.45 bits per heavy atom. The van der Waals surface area contributed by atoms with Gasteiger partial charge in [-0.3, -0.25) is 0 Å². The van der Waals surface area contributed by atoms with Crippen LogP contribution in [0.15, 0.2) is 18.2 Å². The molecule has 1 fully saturated rings. The zero-order chi connectivity index (χ0) is 7.68. The zero-order valence-corrected chi connectivity index (χ0v) is 6.51. The summed E-state index contributed by atoms with van der Waals surface area (Å²) in [6.07, 6.45) is 2.68. The molecule has 1 aromatic rings. The molecule has 0 spiro atoms. The minimum absolute atomic E-state index is 0.612. The summed E-state index contributed by atoms with van der Waals surface area (Å²) in [5, 5.41) is 0. The maximum absolute atomic E-state index is 5.51. The molecule has 57 valence electrons. The van der Waals surface area contributed by atoms with Crippen molar-refractivity contribution in [3.05, 3.63) is 35.4 Å². The van der Waals surface area contributed by atoms with Crippen LogP contribution in [0.3, 0.4) is 0 Å². The van der Waals surface area contributed by atoms with Crippen molar-refractivity contribution in [3.8, 4) is 0 Å². The number of nitrogens with two attached hydrogens (primary N) is 1. The first-order valence-electron chi connectivity index (χ1n) is 4.11. The maximum atomic E-state index is 5.51. The van der Waals surface area contributed by atoms with Crippen molar-refractivity contribution in [2.45, 2.75) is 25.3 Å². The van der Waals surface area contributed by atoms with Crippen LogP contribution in [0.2, 0.25) is 0 Å². The van der Waals surface area contributed by atoms with Gasteiger partial charge >= 0.3 is 0 Å². The smallest absolute Gasteiger partial charge is 0.0184 e. The summed E-state index contributed by atoms with van der Waals surface area (Å²) in [7, 11) is 0. The van der Waals surface area contributed by atoms with E-state index in [4.69, 9.17) is 5.73 Å². The topological polar surface area (TPSA) is 26.0 Å². The van der Waals surface area contributed by atoms with E-state index in [2.05, 4.69) is 18.2 Å². The van der Waals surface area contributed by atoms with Crippen LogP contribution < -0.4 is 5.73 Å². The fourth-order valence-electron chi connectivity index (χ4n) is 1.29. The second kappa shape index (κ2) is 2.67. The van der Waals surface area contributed by atoms with Crippen molar-refractivity contribution < 1.29 is 0 Å². The predicted octanol–water partition coefficient (Wildman–Crippen LogP) is 1.82. The molecule has 1 aliphatic carbocycles. The van der Waals surface area contributed by atoms with Gasteiger partial charge in [-0.1, -0.05) is 18.2 Å². The molecule has 2 rings (SSSR count). The molecular formula is C10H12N. The molecule has 0 aromatic heterocycles. The third-order valence-electron chi connectivity index (χ3n) is 2.12. The van der Waals surface area contributed by atoms with Crippen molar-refractivity contribution >= 4 is 0 Å². The molecule has 1 heteroatoms. The van der Waals surface area contributed by atoms with Gasteiger partial charge in [0.15, 0.2) is 0 Å². The third-order valence-corrected chi connectivity index (χ3v) is 2.12. The lowest BCUT2D eigenvalue weighted by Crippen LogP contribution is -1.96. The quantitative estimate of drug-likeness (QED) is 0.676. The van der Waals surface area contributed by atoms with Crippen LogP contribution in [0.25, 0.3) is 0 Å². The van der Waals surface area contributed by atoms with E-state index in [9.17, 15) is 0 Å². The first kappa shape index (κ1) is 6.86. The highest BCUT2D eigenvalue weighted by molar-refractivity contribution is 5.27. The largest absolute Gasteiger partial charge is 0.326 e. The molecule has 0 heterocycles. The molecule has 2 N–H and O–H groups in total. The highest BCUT2D eigenvalue weighted by atomic mass is 14.5. The average Bonchev–Trinajstić information content (AvgIpc) is 2.87. The van der Waals surface area contributed by atoms with Gasteiger partial charge in [0.1, 0.15) is 0 Å². The summed E-state index contributed by atoms with van der Waals surface area (Å²) in [6.45, 7) is 0.612. The minimum atomic E-state index is 0.612. The van der Waals surface area contributed by atoms with E-state index in [1.54, 1.807) is 0 Å². The van der Waals surface area contributed by atoms with Gasteiger partial charge in [-0.2, -0.15) is 0 Å². The molecule has 0 atom stereocenters. The Morgan fingerprint density at radius 2 is 2.27 bits per heavy atom. The highest BCUT2D eigenvalue weighted by Gasteiger charge is 2.23. The van der Waals surface area contributed by atoms with Crippen molar-refractivity contribution in [3.63, 3.8) is 0 Å².